The molecule has 1 fully saturated rings. The molecular formula is C14H19N3OS2. The van der Waals surface area contributed by atoms with Crippen molar-refractivity contribution in [1.82, 2.24) is 14.8 Å². The SMILES string of the molecule is COCCCSc1nnc(Cc2cccs2)n1C1CC1. The first-order valence-electron chi connectivity index (χ1n) is 6.96. The summed E-state index contributed by atoms with van der Waals surface area (Å²) in [6.45, 7) is 0.812. The lowest BCUT2D eigenvalue weighted by Crippen LogP contribution is -2.04. The van der Waals surface area contributed by atoms with Crippen LogP contribution in [0.1, 0.15) is 36.0 Å². The third kappa shape index (κ3) is 3.42. The quantitative estimate of drug-likeness (QED) is 0.553. The van der Waals surface area contributed by atoms with Crippen molar-refractivity contribution in [2.24, 2.45) is 0 Å². The summed E-state index contributed by atoms with van der Waals surface area (Å²) >= 11 is 3.59. The molecule has 0 unspecified atom stereocenters. The normalized spacial score (nSPS) is 14.8. The lowest BCUT2D eigenvalue weighted by molar-refractivity contribution is 0.200. The van der Waals surface area contributed by atoms with E-state index in [0.717, 1.165) is 36.2 Å². The molecule has 6 heteroatoms. The summed E-state index contributed by atoms with van der Waals surface area (Å²) in [5.41, 5.74) is 0. The molecule has 20 heavy (non-hydrogen) atoms. The largest absolute Gasteiger partial charge is 0.385 e. The summed E-state index contributed by atoms with van der Waals surface area (Å²) in [5.74, 6) is 2.15. The average molecular weight is 309 g/mol. The van der Waals surface area contributed by atoms with E-state index in [4.69, 9.17) is 4.74 Å². The van der Waals surface area contributed by atoms with Crippen LogP contribution in [0, 0.1) is 0 Å². The predicted octanol–water partition coefficient (Wildman–Crippen LogP) is 3.39. The number of rotatable bonds is 8. The molecule has 3 rings (SSSR count). The summed E-state index contributed by atoms with van der Waals surface area (Å²) in [6.07, 6.45) is 4.49. The maximum Gasteiger partial charge on any atom is 0.191 e. The van der Waals surface area contributed by atoms with E-state index in [1.54, 1.807) is 30.2 Å². The van der Waals surface area contributed by atoms with Crippen LogP contribution in [0.15, 0.2) is 22.7 Å². The van der Waals surface area contributed by atoms with Crippen LogP contribution in [0.5, 0.6) is 0 Å². The summed E-state index contributed by atoms with van der Waals surface area (Å²) in [5, 5.41) is 12.0. The Morgan fingerprint density at radius 3 is 3.05 bits per heavy atom. The second-order valence-corrected chi connectivity index (χ2v) is 7.05. The van der Waals surface area contributed by atoms with E-state index in [1.807, 2.05) is 0 Å². The number of ether oxygens (including phenoxy) is 1. The van der Waals surface area contributed by atoms with Crippen LogP contribution in [-0.4, -0.2) is 34.2 Å². The molecule has 108 valence electrons. The second-order valence-electron chi connectivity index (χ2n) is 4.95. The fourth-order valence-electron chi connectivity index (χ4n) is 2.16. The third-order valence-electron chi connectivity index (χ3n) is 3.28. The molecule has 0 aliphatic heterocycles. The van der Waals surface area contributed by atoms with Gasteiger partial charge in [-0.3, -0.25) is 0 Å². The van der Waals surface area contributed by atoms with E-state index in [0.29, 0.717) is 6.04 Å². The number of aromatic nitrogens is 3. The van der Waals surface area contributed by atoms with Crippen LogP contribution < -0.4 is 0 Å². The van der Waals surface area contributed by atoms with E-state index >= 15 is 0 Å². The van der Waals surface area contributed by atoms with Crippen LogP contribution in [0.4, 0.5) is 0 Å². The Morgan fingerprint density at radius 1 is 1.45 bits per heavy atom. The van der Waals surface area contributed by atoms with Crippen LogP contribution in [0.2, 0.25) is 0 Å². The number of hydrogen-bond donors (Lipinski definition) is 0. The maximum absolute atomic E-state index is 5.09. The van der Waals surface area contributed by atoms with Gasteiger partial charge in [0.2, 0.25) is 0 Å². The van der Waals surface area contributed by atoms with Gasteiger partial charge in [-0.15, -0.1) is 21.5 Å². The van der Waals surface area contributed by atoms with Gasteiger partial charge >= 0.3 is 0 Å². The predicted molar refractivity (Wildman–Crippen MR) is 82.6 cm³/mol. The highest BCUT2D eigenvalue weighted by molar-refractivity contribution is 7.99. The zero-order valence-electron chi connectivity index (χ0n) is 11.6. The number of thiophene rings is 1. The van der Waals surface area contributed by atoms with E-state index in [9.17, 15) is 0 Å². The van der Waals surface area contributed by atoms with Gasteiger partial charge in [-0.05, 0) is 30.7 Å². The maximum atomic E-state index is 5.09. The topological polar surface area (TPSA) is 39.9 Å². The van der Waals surface area contributed by atoms with Crippen LogP contribution >= 0.6 is 23.1 Å². The fraction of sp³-hybridized carbons (Fsp3) is 0.571. The molecule has 0 aromatic carbocycles. The zero-order chi connectivity index (χ0) is 13.8. The van der Waals surface area contributed by atoms with Crippen molar-refractivity contribution in [1.29, 1.82) is 0 Å². The Balaban J connectivity index is 1.69. The Kier molecular flexibility index (Phi) is 4.75. The molecule has 2 heterocycles. The van der Waals surface area contributed by atoms with Crippen LogP contribution in [-0.2, 0) is 11.2 Å². The van der Waals surface area contributed by atoms with Gasteiger partial charge in [-0.2, -0.15) is 0 Å². The minimum absolute atomic E-state index is 0.630. The number of thioether (sulfide) groups is 1. The summed E-state index contributed by atoms with van der Waals surface area (Å²) in [7, 11) is 1.75. The monoisotopic (exact) mass is 309 g/mol. The highest BCUT2D eigenvalue weighted by atomic mass is 32.2. The molecule has 1 saturated carbocycles. The van der Waals surface area contributed by atoms with Gasteiger partial charge in [-0.25, -0.2) is 0 Å². The van der Waals surface area contributed by atoms with E-state index in [-0.39, 0.29) is 0 Å². The number of hydrogen-bond acceptors (Lipinski definition) is 5. The zero-order valence-corrected chi connectivity index (χ0v) is 13.3. The molecule has 0 spiro atoms. The first-order chi connectivity index (χ1) is 9.88. The van der Waals surface area contributed by atoms with E-state index in [1.165, 1.54) is 17.7 Å². The van der Waals surface area contributed by atoms with Crippen molar-refractivity contribution in [3.05, 3.63) is 28.2 Å². The second kappa shape index (κ2) is 6.74. The van der Waals surface area contributed by atoms with Crippen LogP contribution in [0.25, 0.3) is 0 Å². The van der Waals surface area contributed by atoms with Gasteiger partial charge in [0.05, 0.1) is 0 Å². The molecule has 0 amide bonds. The molecule has 2 aromatic rings. The van der Waals surface area contributed by atoms with E-state index < -0.39 is 0 Å². The van der Waals surface area contributed by atoms with Crippen molar-refractivity contribution in [2.45, 2.75) is 36.9 Å². The molecule has 0 radical (unpaired) electrons. The molecule has 0 bridgehead atoms. The smallest absolute Gasteiger partial charge is 0.191 e. The van der Waals surface area contributed by atoms with Crippen molar-refractivity contribution in [3.63, 3.8) is 0 Å². The molecule has 1 aliphatic carbocycles. The highest BCUT2D eigenvalue weighted by Gasteiger charge is 2.29. The van der Waals surface area contributed by atoms with Crippen molar-refractivity contribution >= 4 is 23.1 Å². The average Bonchev–Trinajstić information content (AvgIpc) is 3.01. The standard InChI is InChI=1S/C14H19N3OS2/c1-18-7-3-9-20-14-16-15-13(17(14)11-5-6-11)10-12-4-2-8-19-12/h2,4,8,11H,3,5-7,9-10H2,1H3. The number of nitrogens with zero attached hydrogens (tertiary/aromatic N) is 3. The fourth-order valence-corrected chi connectivity index (χ4v) is 3.80. The number of methoxy groups -OCH3 is 1. The summed E-state index contributed by atoms with van der Waals surface area (Å²) in [4.78, 5) is 1.36. The summed E-state index contributed by atoms with van der Waals surface area (Å²) in [6, 6.07) is 4.89. The molecule has 0 atom stereocenters. The highest BCUT2D eigenvalue weighted by Crippen LogP contribution is 2.39. The minimum atomic E-state index is 0.630. The van der Waals surface area contributed by atoms with Crippen molar-refractivity contribution < 1.29 is 4.74 Å². The van der Waals surface area contributed by atoms with Gasteiger partial charge in [0, 0.05) is 36.8 Å². The Morgan fingerprint density at radius 2 is 2.35 bits per heavy atom. The third-order valence-corrected chi connectivity index (χ3v) is 5.19. The lowest BCUT2D eigenvalue weighted by Gasteiger charge is -2.08. The van der Waals surface area contributed by atoms with E-state index in [2.05, 4.69) is 32.3 Å². The van der Waals surface area contributed by atoms with Crippen molar-refractivity contribution in [3.8, 4) is 0 Å². The molecule has 2 aromatic heterocycles. The van der Waals surface area contributed by atoms with Gasteiger partial charge in [0.15, 0.2) is 5.16 Å². The summed E-state index contributed by atoms with van der Waals surface area (Å²) < 4.78 is 7.45. The Hall–Kier alpha value is -0.850. The first kappa shape index (κ1) is 14.1. The Bertz CT molecular complexity index is 535. The van der Waals surface area contributed by atoms with Crippen LogP contribution in [0.3, 0.4) is 0 Å². The lowest BCUT2D eigenvalue weighted by atomic mass is 10.3. The molecule has 1 aliphatic rings. The van der Waals surface area contributed by atoms with Gasteiger partial charge < -0.3 is 9.30 Å². The molecule has 0 saturated heterocycles. The van der Waals surface area contributed by atoms with Gasteiger partial charge in [-0.1, -0.05) is 17.8 Å². The van der Waals surface area contributed by atoms with Crippen molar-refractivity contribution in [2.75, 3.05) is 19.5 Å². The van der Waals surface area contributed by atoms with Gasteiger partial charge in [0.1, 0.15) is 5.82 Å². The molecular weight excluding hydrogens is 290 g/mol. The first-order valence-corrected chi connectivity index (χ1v) is 8.83. The van der Waals surface area contributed by atoms with Gasteiger partial charge in [0.25, 0.3) is 0 Å². The molecule has 4 nitrogen and oxygen atoms in total. The minimum Gasteiger partial charge on any atom is -0.385 e. The molecule has 0 N–H and O–H groups in total. The Labute approximate surface area is 127 Å².